The first-order chi connectivity index (χ1) is 9.79. The summed E-state index contributed by atoms with van der Waals surface area (Å²) in [7, 11) is -3.84. The number of hydrogen-bond donors (Lipinski definition) is 2. The number of carbonyl (C=O) groups is 1. The van der Waals surface area contributed by atoms with Crippen molar-refractivity contribution in [2.75, 3.05) is 10.5 Å². The summed E-state index contributed by atoms with van der Waals surface area (Å²) in [6, 6.07) is 10.3. The van der Waals surface area contributed by atoms with Gasteiger partial charge in [-0.3, -0.25) is 9.52 Å². The monoisotopic (exact) mass is 324 g/mol. The van der Waals surface area contributed by atoms with Gasteiger partial charge in [-0.15, -0.1) is 0 Å². The van der Waals surface area contributed by atoms with Crippen LogP contribution in [0.1, 0.15) is 17.3 Å². The van der Waals surface area contributed by atoms with Crippen molar-refractivity contribution >= 4 is 38.8 Å². The molecule has 0 radical (unpaired) electrons. The fourth-order valence-electron chi connectivity index (χ4n) is 1.72. The van der Waals surface area contributed by atoms with Crippen molar-refractivity contribution in [3.63, 3.8) is 0 Å². The Kier molecular flexibility index (Phi) is 4.20. The second-order valence-electron chi connectivity index (χ2n) is 4.42. The Bertz CT molecular complexity index is 786. The highest BCUT2D eigenvalue weighted by Crippen LogP contribution is 2.25. The Hall–Kier alpha value is -2.05. The topological polar surface area (TPSA) is 89.3 Å². The molecule has 0 heterocycles. The number of sulfonamides is 1. The summed E-state index contributed by atoms with van der Waals surface area (Å²) in [5.41, 5.74) is 6.61. The molecule has 0 saturated carbocycles. The van der Waals surface area contributed by atoms with E-state index in [-0.39, 0.29) is 21.4 Å². The van der Waals surface area contributed by atoms with E-state index in [9.17, 15) is 13.2 Å². The second-order valence-corrected chi connectivity index (χ2v) is 6.51. The summed E-state index contributed by atoms with van der Waals surface area (Å²) < 4.78 is 26.9. The predicted octanol–water partition coefficient (Wildman–Crippen LogP) is 2.93. The molecule has 7 heteroatoms. The Balaban J connectivity index is 2.33. The summed E-state index contributed by atoms with van der Waals surface area (Å²) in [5.74, 6) is -0.0940. The van der Waals surface area contributed by atoms with E-state index in [4.69, 9.17) is 17.3 Å². The average Bonchev–Trinajstić information content (AvgIpc) is 2.41. The molecule has 0 aliphatic rings. The fraction of sp³-hybridized carbons (Fsp3) is 0.0714. The molecule has 0 atom stereocenters. The van der Waals surface area contributed by atoms with Crippen molar-refractivity contribution in [3.8, 4) is 0 Å². The molecule has 3 N–H and O–H groups in total. The van der Waals surface area contributed by atoms with E-state index in [0.29, 0.717) is 11.3 Å². The lowest BCUT2D eigenvalue weighted by Crippen LogP contribution is -2.14. The molecular formula is C14H13ClN2O3S. The molecule has 0 saturated heterocycles. The lowest BCUT2D eigenvalue weighted by Gasteiger charge is -2.10. The standard InChI is InChI=1S/C14H13ClN2O3S/c1-9(18)10-2-5-12(6-3-10)17-21(19,20)14-8-11(15)4-7-13(14)16/h2-8,17H,16H2,1H3. The average molecular weight is 325 g/mol. The van der Waals surface area contributed by atoms with Crippen LogP contribution in [0.15, 0.2) is 47.4 Å². The van der Waals surface area contributed by atoms with Gasteiger partial charge < -0.3 is 5.73 Å². The van der Waals surface area contributed by atoms with Gasteiger partial charge in [0.2, 0.25) is 0 Å². The van der Waals surface area contributed by atoms with Gasteiger partial charge >= 0.3 is 0 Å². The van der Waals surface area contributed by atoms with Crippen molar-refractivity contribution in [1.82, 2.24) is 0 Å². The summed E-state index contributed by atoms with van der Waals surface area (Å²) in [6.07, 6.45) is 0. The van der Waals surface area contributed by atoms with Crippen LogP contribution in [0.2, 0.25) is 5.02 Å². The van der Waals surface area contributed by atoms with E-state index < -0.39 is 10.0 Å². The second kappa shape index (κ2) is 5.75. The van der Waals surface area contributed by atoms with Gasteiger partial charge in [-0.2, -0.15) is 0 Å². The molecule has 0 amide bonds. The molecule has 2 rings (SSSR count). The van der Waals surface area contributed by atoms with E-state index in [1.807, 2.05) is 0 Å². The number of hydrogen-bond acceptors (Lipinski definition) is 4. The first kappa shape index (κ1) is 15.3. The van der Waals surface area contributed by atoms with Crippen molar-refractivity contribution in [2.45, 2.75) is 11.8 Å². The van der Waals surface area contributed by atoms with Gasteiger partial charge in [-0.25, -0.2) is 8.42 Å². The molecule has 2 aromatic carbocycles. The lowest BCUT2D eigenvalue weighted by atomic mass is 10.1. The van der Waals surface area contributed by atoms with Crippen molar-refractivity contribution < 1.29 is 13.2 Å². The van der Waals surface area contributed by atoms with E-state index in [2.05, 4.69) is 4.72 Å². The van der Waals surface area contributed by atoms with Gasteiger partial charge in [-0.1, -0.05) is 11.6 Å². The third kappa shape index (κ3) is 3.53. The zero-order valence-corrected chi connectivity index (χ0v) is 12.7. The molecule has 5 nitrogen and oxygen atoms in total. The summed E-state index contributed by atoms with van der Waals surface area (Å²) in [5, 5.41) is 0.275. The smallest absolute Gasteiger partial charge is 0.263 e. The van der Waals surface area contributed by atoms with E-state index in [1.54, 1.807) is 12.1 Å². The Morgan fingerprint density at radius 1 is 1.14 bits per heavy atom. The lowest BCUT2D eigenvalue weighted by molar-refractivity contribution is 0.101. The van der Waals surface area contributed by atoms with Crippen molar-refractivity contribution in [2.24, 2.45) is 0 Å². The fourth-order valence-corrected chi connectivity index (χ4v) is 3.18. The van der Waals surface area contributed by atoms with Crippen molar-refractivity contribution in [1.29, 1.82) is 0 Å². The van der Waals surface area contributed by atoms with Gasteiger partial charge in [-0.05, 0) is 49.4 Å². The highest BCUT2D eigenvalue weighted by molar-refractivity contribution is 7.92. The minimum absolute atomic E-state index is 0.0920. The highest BCUT2D eigenvalue weighted by Gasteiger charge is 2.18. The molecule has 0 spiro atoms. The van der Waals surface area contributed by atoms with Crippen LogP contribution in [0.3, 0.4) is 0 Å². The molecule has 0 bridgehead atoms. The van der Waals surface area contributed by atoms with Crippen LogP contribution < -0.4 is 10.5 Å². The summed E-state index contributed by atoms with van der Waals surface area (Å²) in [6.45, 7) is 1.44. The number of ketones is 1. The van der Waals surface area contributed by atoms with Gasteiger partial charge in [0.05, 0.1) is 5.69 Å². The molecule has 21 heavy (non-hydrogen) atoms. The zero-order valence-electron chi connectivity index (χ0n) is 11.1. The number of halogens is 1. The van der Waals surface area contributed by atoms with Crippen LogP contribution in [-0.2, 0) is 10.0 Å². The Morgan fingerprint density at radius 2 is 1.76 bits per heavy atom. The van der Waals surface area contributed by atoms with Crippen LogP contribution in [0.5, 0.6) is 0 Å². The number of nitrogens with two attached hydrogens (primary N) is 1. The molecule has 0 fully saturated rings. The first-order valence-electron chi connectivity index (χ1n) is 5.98. The first-order valence-corrected chi connectivity index (χ1v) is 7.84. The van der Waals surface area contributed by atoms with Gasteiger partial charge in [0.25, 0.3) is 10.0 Å². The largest absolute Gasteiger partial charge is 0.398 e. The summed E-state index contributed by atoms with van der Waals surface area (Å²) in [4.78, 5) is 11.1. The maximum Gasteiger partial charge on any atom is 0.263 e. The van der Waals surface area contributed by atoms with Crippen molar-refractivity contribution in [3.05, 3.63) is 53.1 Å². The zero-order chi connectivity index (χ0) is 15.6. The van der Waals surface area contributed by atoms with Gasteiger partial charge in [0, 0.05) is 16.3 Å². The van der Waals surface area contributed by atoms with Crippen LogP contribution in [0, 0.1) is 0 Å². The molecule has 0 aliphatic carbocycles. The predicted molar refractivity (Wildman–Crippen MR) is 83.1 cm³/mol. The molecule has 110 valence electrons. The third-order valence-corrected chi connectivity index (χ3v) is 4.48. The van der Waals surface area contributed by atoms with Crippen LogP contribution >= 0.6 is 11.6 Å². The molecule has 0 unspecified atom stereocenters. The highest BCUT2D eigenvalue weighted by atomic mass is 35.5. The number of rotatable bonds is 4. The number of nitrogens with one attached hydrogen (secondary N) is 1. The molecular weight excluding hydrogens is 312 g/mol. The quantitative estimate of drug-likeness (QED) is 0.668. The summed E-state index contributed by atoms with van der Waals surface area (Å²) >= 11 is 5.80. The Labute approximate surface area is 127 Å². The van der Waals surface area contributed by atoms with E-state index >= 15 is 0 Å². The maximum absolute atomic E-state index is 12.3. The molecule has 2 aromatic rings. The van der Waals surface area contributed by atoms with Crippen LogP contribution in [0.4, 0.5) is 11.4 Å². The SMILES string of the molecule is CC(=O)c1ccc(NS(=O)(=O)c2cc(Cl)ccc2N)cc1. The molecule has 0 aromatic heterocycles. The number of anilines is 2. The van der Waals surface area contributed by atoms with E-state index in [1.165, 1.54) is 37.3 Å². The van der Waals surface area contributed by atoms with Gasteiger partial charge in [0.15, 0.2) is 5.78 Å². The van der Waals surface area contributed by atoms with Crippen LogP contribution in [0.25, 0.3) is 0 Å². The minimum atomic E-state index is -3.84. The number of carbonyl (C=O) groups excluding carboxylic acids is 1. The van der Waals surface area contributed by atoms with E-state index in [0.717, 1.165) is 0 Å². The maximum atomic E-state index is 12.3. The normalized spacial score (nSPS) is 11.1. The molecule has 0 aliphatic heterocycles. The minimum Gasteiger partial charge on any atom is -0.398 e. The number of nitrogen functional groups attached to an aromatic ring is 1. The van der Waals surface area contributed by atoms with Crippen LogP contribution in [-0.4, -0.2) is 14.2 Å². The van der Waals surface area contributed by atoms with Gasteiger partial charge in [0.1, 0.15) is 4.90 Å². The number of benzene rings is 2. The Morgan fingerprint density at radius 3 is 2.33 bits per heavy atom. The number of Topliss-reactive ketones (excluding diaryl/α,β-unsaturated/α-hetero) is 1. The third-order valence-electron chi connectivity index (χ3n) is 2.81.